The Morgan fingerprint density at radius 3 is 2.65 bits per heavy atom. The second-order valence-electron chi connectivity index (χ2n) is 8.44. The van der Waals surface area contributed by atoms with Gasteiger partial charge in [0.2, 0.25) is 11.8 Å². The summed E-state index contributed by atoms with van der Waals surface area (Å²) < 4.78 is 52.2. The average molecular weight is 497 g/mol. The van der Waals surface area contributed by atoms with Crippen molar-refractivity contribution in [2.45, 2.75) is 56.2 Å². The molecule has 2 fully saturated rings. The number of hydrogen-bond acceptors (Lipinski definition) is 7. The van der Waals surface area contributed by atoms with Gasteiger partial charge in [0.1, 0.15) is 11.8 Å². The third-order valence-electron chi connectivity index (χ3n) is 5.97. The molecule has 1 N–H and O–H groups in total. The molecular formula is C22H20ClF3N4O4. The fraction of sp³-hybridized carbons (Fsp3) is 0.455. The zero-order valence-electron chi connectivity index (χ0n) is 17.7. The quantitative estimate of drug-likeness (QED) is 0.546. The summed E-state index contributed by atoms with van der Waals surface area (Å²) in [5.74, 6) is 0.0221. The first-order valence-electron chi connectivity index (χ1n) is 10.8. The zero-order valence-corrected chi connectivity index (χ0v) is 18.5. The normalized spacial score (nSPS) is 25.2. The number of carbonyl (C=O) groups excluding carboxylic acids is 1. The lowest BCUT2D eigenvalue weighted by Crippen LogP contribution is -2.41. The van der Waals surface area contributed by atoms with Crippen LogP contribution in [0, 0.1) is 0 Å². The highest BCUT2D eigenvalue weighted by Crippen LogP contribution is 2.41. The molecule has 0 bridgehead atoms. The van der Waals surface area contributed by atoms with Crippen molar-refractivity contribution >= 4 is 28.4 Å². The molecule has 0 unspecified atom stereocenters. The Hall–Kier alpha value is -2.76. The number of nitrogens with one attached hydrogen (secondary N) is 1. The predicted molar refractivity (Wildman–Crippen MR) is 113 cm³/mol. The molecule has 0 radical (unpaired) electrons. The van der Waals surface area contributed by atoms with Crippen molar-refractivity contribution in [3.05, 3.63) is 52.8 Å². The first kappa shape index (κ1) is 23.0. The predicted octanol–water partition coefficient (Wildman–Crippen LogP) is 4.70. The van der Waals surface area contributed by atoms with Gasteiger partial charge in [-0.15, -0.1) is 23.4 Å². The largest absolute Gasteiger partial charge is 0.522 e. The SMILES string of the molecule is O=C(N[C@H]1CC[C@H](c2nnc([C@H]3C[C@@H](OC(F)(F)F)C3)o2)OC1)c1ccc2cc(Cl)ccc2n1. The standard InChI is InChI=1S/C22H20ClF3N4O4/c23-13-2-5-16-11(7-13)1-4-17(28-16)19(31)27-14-3-6-18(32-10-14)21-30-29-20(33-21)12-8-15(9-12)34-22(24,25)26/h1-2,4-5,7,12,14-15,18H,3,6,8-10H2,(H,27,31)/t12-,14-,15+,18+/m0/s1. The maximum atomic E-state index is 12.6. The second kappa shape index (κ2) is 9.12. The molecule has 2 atom stereocenters. The van der Waals surface area contributed by atoms with Crippen LogP contribution in [0.3, 0.4) is 0 Å². The summed E-state index contributed by atoms with van der Waals surface area (Å²) in [6.07, 6.45) is -4.43. The lowest BCUT2D eigenvalue weighted by Gasteiger charge is -2.33. The van der Waals surface area contributed by atoms with E-state index in [-0.39, 0.29) is 43.2 Å². The lowest BCUT2D eigenvalue weighted by molar-refractivity contribution is -0.352. The summed E-state index contributed by atoms with van der Waals surface area (Å²) in [4.78, 5) is 17.0. The Bertz CT molecular complexity index is 1190. The van der Waals surface area contributed by atoms with Gasteiger partial charge in [-0.3, -0.25) is 9.53 Å². The van der Waals surface area contributed by atoms with Crippen molar-refractivity contribution in [1.82, 2.24) is 20.5 Å². The number of carbonyl (C=O) groups is 1. The van der Waals surface area contributed by atoms with Crippen molar-refractivity contribution in [2.24, 2.45) is 0 Å². The molecule has 34 heavy (non-hydrogen) atoms. The molecule has 1 aliphatic heterocycles. The van der Waals surface area contributed by atoms with Crippen LogP contribution in [-0.4, -0.2) is 46.2 Å². The van der Waals surface area contributed by atoms with Gasteiger partial charge in [-0.1, -0.05) is 17.7 Å². The molecule has 2 aromatic heterocycles. The van der Waals surface area contributed by atoms with Gasteiger partial charge in [-0.25, -0.2) is 4.98 Å². The molecule has 0 spiro atoms. The van der Waals surface area contributed by atoms with E-state index in [1.54, 1.807) is 30.3 Å². The Morgan fingerprint density at radius 2 is 1.91 bits per heavy atom. The van der Waals surface area contributed by atoms with Crippen LogP contribution >= 0.6 is 11.6 Å². The van der Waals surface area contributed by atoms with Crippen molar-refractivity contribution < 1.29 is 31.9 Å². The van der Waals surface area contributed by atoms with Crippen LogP contribution in [0.25, 0.3) is 10.9 Å². The first-order chi connectivity index (χ1) is 16.2. The van der Waals surface area contributed by atoms with Gasteiger partial charge in [-0.05, 0) is 49.9 Å². The third kappa shape index (κ3) is 5.16. The fourth-order valence-electron chi connectivity index (χ4n) is 4.14. The van der Waals surface area contributed by atoms with Crippen LogP contribution in [0.4, 0.5) is 13.2 Å². The van der Waals surface area contributed by atoms with Crippen molar-refractivity contribution in [2.75, 3.05) is 6.61 Å². The first-order valence-corrected chi connectivity index (χ1v) is 11.2. The van der Waals surface area contributed by atoms with Crippen molar-refractivity contribution in [1.29, 1.82) is 0 Å². The van der Waals surface area contributed by atoms with Gasteiger partial charge < -0.3 is 14.5 Å². The summed E-state index contributed by atoms with van der Waals surface area (Å²) in [7, 11) is 0. The summed E-state index contributed by atoms with van der Waals surface area (Å²) in [6, 6.07) is 8.49. The number of hydrogen-bond donors (Lipinski definition) is 1. The molecule has 3 aromatic rings. The van der Waals surface area contributed by atoms with Crippen LogP contribution in [0.15, 0.2) is 34.7 Å². The number of amides is 1. The monoisotopic (exact) mass is 496 g/mol. The molecule has 2 aliphatic rings. The highest BCUT2D eigenvalue weighted by molar-refractivity contribution is 6.31. The van der Waals surface area contributed by atoms with Gasteiger partial charge in [0.25, 0.3) is 5.91 Å². The summed E-state index contributed by atoms with van der Waals surface area (Å²) in [5, 5.41) is 12.3. The maximum absolute atomic E-state index is 12.6. The topological polar surface area (TPSA) is 99.4 Å². The van der Waals surface area contributed by atoms with E-state index in [9.17, 15) is 18.0 Å². The highest BCUT2D eigenvalue weighted by atomic mass is 35.5. The zero-order chi connectivity index (χ0) is 23.9. The molecular weight excluding hydrogens is 477 g/mol. The van der Waals surface area contributed by atoms with E-state index in [2.05, 4.69) is 25.2 Å². The molecule has 12 heteroatoms. The van der Waals surface area contributed by atoms with Gasteiger partial charge >= 0.3 is 6.36 Å². The van der Waals surface area contributed by atoms with Crippen LogP contribution in [0.5, 0.6) is 0 Å². The number of nitrogens with zero attached hydrogens (tertiary/aromatic N) is 3. The minimum atomic E-state index is -4.64. The van der Waals surface area contributed by atoms with Crippen LogP contribution in [0.2, 0.25) is 5.02 Å². The fourth-order valence-corrected chi connectivity index (χ4v) is 4.32. The van der Waals surface area contributed by atoms with Crippen molar-refractivity contribution in [3.63, 3.8) is 0 Å². The van der Waals surface area contributed by atoms with Gasteiger partial charge in [0.15, 0.2) is 0 Å². The summed E-state index contributed by atoms with van der Waals surface area (Å²) in [6.45, 7) is 0.252. The van der Waals surface area contributed by atoms with E-state index < -0.39 is 18.6 Å². The van der Waals surface area contributed by atoms with E-state index in [1.165, 1.54) is 0 Å². The van der Waals surface area contributed by atoms with Crippen molar-refractivity contribution in [3.8, 4) is 0 Å². The van der Waals surface area contributed by atoms with Gasteiger partial charge in [0, 0.05) is 16.3 Å². The Morgan fingerprint density at radius 1 is 1.12 bits per heavy atom. The molecule has 1 amide bonds. The highest BCUT2D eigenvalue weighted by Gasteiger charge is 2.42. The summed E-state index contributed by atoms with van der Waals surface area (Å²) >= 11 is 5.98. The molecule has 3 heterocycles. The Kier molecular flexibility index (Phi) is 6.17. The van der Waals surface area contributed by atoms with E-state index in [0.29, 0.717) is 35.0 Å². The lowest BCUT2D eigenvalue weighted by atomic mass is 9.82. The van der Waals surface area contributed by atoms with E-state index in [0.717, 1.165) is 5.39 Å². The minimum Gasteiger partial charge on any atom is -0.422 e. The number of fused-ring (bicyclic) bond motifs is 1. The van der Waals surface area contributed by atoms with E-state index in [4.69, 9.17) is 20.8 Å². The second-order valence-corrected chi connectivity index (χ2v) is 8.87. The third-order valence-corrected chi connectivity index (χ3v) is 6.21. The molecule has 1 aromatic carbocycles. The summed E-state index contributed by atoms with van der Waals surface area (Å²) in [5.41, 5.74) is 0.971. The van der Waals surface area contributed by atoms with Gasteiger partial charge in [0.05, 0.1) is 24.3 Å². The molecule has 1 saturated carbocycles. The van der Waals surface area contributed by atoms with E-state index in [1.807, 2.05) is 0 Å². The van der Waals surface area contributed by atoms with Crippen LogP contribution < -0.4 is 5.32 Å². The average Bonchev–Trinajstić information content (AvgIpc) is 3.25. The smallest absolute Gasteiger partial charge is 0.422 e. The molecule has 8 nitrogen and oxygen atoms in total. The number of pyridine rings is 1. The number of benzene rings is 1. The number of rotatable bonds is 5. The minimum absolute atomic E-state index is 0.177. The maximum Gasteiger partial charge on any atom is 0.522 e. The van der Waals surface area contributed by atoms with Gasteiger partial charge in [-0.2, -0.15) is 0 Å². The number of alkyl halides is 3. The molecule has 1 saturated heterocycles. The molecule has 5 rings (SSSR count). The molecule has 180 valence electrons. The number of ether oxygens (including phenoxy) is 2. The van der Waals surface area contributed by atoms with E-state index >= 15 is 0 Å². The number of aromatic nitrogens is 3. The number of halogens is 4. The Labute approximate surface area is 196 Å². The Balaban J connectivity index is 1.12. The van der Waals surface area contributed by atoms with Crippen LogP contribution in [-0.2, 0) is 9.47 Å². The molecule has 1 aliphatic carbocycles. The van der Waals surface area contributed by atoms with Crippen LogP contribution in [0.1, 0.15) is 60.0 Å².